The second-order valence-corrected chi connectivity index (χ2v) is 6.99. The van der Waals surface area contributed by atoms with Crippen molar-refractivity contribution in [2.24, 2.45) is 0 Å². The number of thiophene rings is 1. The first-order valence-electron chi connectivity index (χ1n) is 7.93. The van der Waals surface area contributed by atoms with E-state index in [0.717, 1.165) is 26.2 Å². The lowest BCUT2D eigenvalue weighted by Gasteiger charge is -2.15. The van der Waals surface area contributed by atoms with E-state index in [0.29, 0.717) is 18.1 Å². The lowest BCUT2D eigenvalue weighted by Crippen LogP contribution is -2.29. The number of carbonyl (C=O) groups is 1. The Kier molecular flexibility index (Phi) is 4.67. The third-order valence-electron chi connectivity index (χ3n) is 3.99. The molecule has 0 saturated heterocycles. The molecule has 0 aliphatic heterocycles. The highest BCUT2D eigenvalue weighted by molar-refractivity contribution is 7.19. The van der Waals surface area contributed by atoms with Gasteiger partial charge in [0.05, 0.1) is 5.39 Å². The quantitative estimate of drug-likeness (QED) is 0.707. The minimum Gasteiger partial charge on any atom is -0.480 e. The summed E-state index contributed by atoms with van der Waals surface area (Å²) < 4.78 is 13.3. The van der Waals surface area contributed by atoms with Gasteiger partial charge in [0.1, 0.15) is 28.3 Å². The summed E-state index contributed by atoms with van der Waals surface area (Å²) >= 11 is 1.52. The number of rotatable bonds is 5. The standard InChI is InChI=1S/C18H18FN3O2S/c1-4-13(18(23)24)22-16-15-14(11-5-7-12(19)8-6-11)9(2)25-17(15)21-10(3)20-16/h5-8,13H,4H2,1-3H3,(H,23,24)(H,20,21,22). The molecule has 7 heteroatoms. The van der Waals surface area contributed by atoms with Crippen LogP contribution in [0.25, 0.3) is 21.3 Å². The molecule has 1 aromatic carbocycles. The highest BCUT2D eigenvalue weighted by Crippen LogP contribution is 2.40. The summed E-state index contributed by atoms with van der Waals surface area (Å²) in [6.07, 6.45) is 0.425. The zero-order valence-electron chi connectivity index (χ0n) is 14.1. The first-order chi connectivity index (χ1) is 11.9. The first kappa shape index (κ1) is 17.3. The van der Waals surface area contributed by atoms with Crippen molar-refractivity contribution in [1.82, 2.24) is 9.97 Å². The molecule has 2 heterocycles. The molecular formula is C18H18FN3O2S. The molecule has 2 aromatic heterocycles. The Morgan fingerprint density at radius 2 is 1.96 bits per heavy atom. The van der Waals surface area contributed by atoms with E-state index in [1.54, 1.807) is 26.0 Å². The molecule has 0 aliphatic rings. The molecule has 0 saturated carbocycles. The number of nitrogens with one attached hydrogen (secondary N) is 1. The largest absolute Gasteiger partial charge is 0.480 e. The predicted molar refractivity (Wildman–Crippen MR) is 97.6 cm³/mol. The lowest BCUT2D eigenvalue weighted by molar-refractivity contribution is -0.137. The Morgan fingerprint density at radius 3 is 2.56 bits per heavy atom. The van der Waals surface area contributed by atoms with Crippen molar-refractivity contribution in [3.63, 3.8) is 0 Å². The van der Waals surface area contributed by atoms with Gasteiger partial charge in [0.15, 0.2) is 0 Å². The fraction of sp³-hybridized carbons (Fsp3) is 0.278. The number of anilines is 1. The summed E-state index contributed by atoms with van der Waals surface area (Å²) in [6.45, 7) is 5.55. The van der Waals surface area contributed by atoms with Gasteiger partial charge in [-0.05, 0) is 38.0 Å². The van der Waals surface area contributed by atoms with Crippen molar-refractivity contribution in [2.45, 2.75) is 33.2 Å². The van der Waals surface area contributed by atoms with Crippen LogP contribution in [-0.4, -0.2) is 27.1 Å². The van der Waals surface area contributed by atoms with Gasteiger partial charge in [-0.25, -0.2) is 19.2 Å². The van der Waals surface area contributed by atoms with Crippen molar-refractivity contribution < 1.29 is 14.3 Å². The van der Waals surface area contributed by atoms with Crippen molar-refractivity contribution in [3.8, 4) is 11.1 Å². The minimum atomic E-state index is -0.929. The average Bonchev–Trinajstić information content (AvgIpc) is 2.88. The molecular weight excluding hydrogens is 341 g/mol. The maximum atomic E-state index is 13.3. The number of aryl methyl sites for hydroxylation is 2. The van der Waals surface area contributed by atoms with Crippen molar-refractivity contribution in [3.05, 3.63) is 40.8 Å². The van der Waals surface area contributed by atoms with Crippen LogP contribution in [-0.2, 0) is 4.79 Å². The van der Waals surface area contributed by atoms with Crippen LogP contribution >= 0.6 is 11.3 Å². The smallest absolute Gasteiger partial charge is 0.326 e. The molecule has 0 radical (unpaired) electrons. The van der Waals surface area contributed by atoms with Gasteiger partial charge in [-0.15, -0.1) is 11.3 Å². The third-order valence-corrected chi connectivity index (χ3v) is 4.99. The average molecular weight is 359 g/mol. The molecule has 0 fully saturated rings. The molecule has 3 rings (SSSR count). The third kappa shape index (κ3) is 3.32. The monoisotopic (exact) mass is 359 g/mol. The normalized spacial score (nSPS) is 12.3. The topological polar surface area (TPSA) is 75.1 Å². The van der Waals surface area contributed by atoms with Crippen LogP contribution < -0.4 is 5.32 Å². The van der Waals surface area contributed by atoms with Gasteiger partial charge >= 0.3 is 5.97 Å². The van der Waals surface area contributed by atoms with Gasteiger partial charge in [0.2, 0.25) is 0 Å². The van der Waals surface area contributed by atoms with Crippen LogP contribution in [0.15, 0.2) is 24.3 Å². The number of fused-ring (bicyclic) bond motifs is 1. The van der Waals surface area contributed by atoms with Crippen LogP contribution in [0.2, 0.25) is 0 Å². The molecule has 0 spiro atoms. The van der Waals surface area contributed by atoms with Gasteiger partial charge in [-0.2, -0.15) is 0 Å². The molecule has 0 amide bonds. The number of benzene rings is 1. The number of aliphatic carboxylic acids is 1. The van der Waals surface area contributed by atoms with E-state index in [2.05, 4.69) is 15.3 Å². The highest BCUT2D eigenvalue weighted by Gasteiger charge is 2.22. The Hall–Kier alpha value is -2.54. The fourth-order valence-electron chi connectivity index (χ4n) is 2.79. The lowest BCUT2D eigenvalue weighted by atomic mass is 10.0. The van der Waals surface area contributed by atoms with Gasteiger partial charge in [-0.3, -0.25) is 0 Å². The van der Waals surface area contributed by atoms with Crippen molar-refractivity contribution in [2.75, 3.05) is 5.32 Å². The molecule has 3 aromatic rings. The number of halogens is 1. The van der Waals surface area contributed by atoms with Gasteiger partial charge in [0.25, 0.3) is 0 Å². The van der Waals surface area contributed by atoms with Gasteiger partial charge in [0, 0.05) is 10.4 Å². The highest BCUT2D eigenvalue weighted by atomic mass is 32.1. The van der Waals surface area contributed by atoms with E-state index in [1.807, 2.05) is 6.92 Å². The van der Waals surface area contributed by atoms with Crippen molar-refractivity contribution in [1.29, 1.82) is 0 Å². The second-order valence-electron chi connectivity index (χ2n) is 5.78. The molecule has 0 bridgehead atoms. The summed E-state index contributed by atoms with van der Waals surface area (Å²) in [5, 5.41) is 13.2. The summed E-state index contributed by atoms with van der Waals surface area (Å²) in [5.41, 5.74) is 1.76. The van der Waals surface area contributed by atoms with E-state index in [1.165, 1.54) is 23.5 Å². The zero-order valence-corrected chi connectivity index (χ0v) is 14.9. The summed E-state index contributed by atoms with van der Waals surface area (Å²) in [7, 11) is 0. The zero-order chi connectivity index (χ0) is 18.1. The summed E-state index contributed by atoms with van der Waals surface area (Å²) in [6, 6.07) is 5.50. The molecule has 1 atom stereocenters. The maximum Gasteiger partial charge on any atom is 0.326 e. The van der Waals surface area contributed by atoms with Crippen LogP contribution in [0, 0.1) is 19.7 Å². The van der Waals surface area contributed by atoms with Gasteiger partial charge < -0.3 is 10.4 Å². The fourth-order valence-corrected chi connectivity index (χ4v) is 3.88. The number of carboxylic acid groups (broad SMARTS) is 1. The summed E-state index contributed by atoms with van der Waals surface area (Å²) in [5.74, 6) is -0.159. The Bertz CT molecular complexity index is 938. The predicted octanol–water partition coefficient (Wildman–Crippen LogP) is 4.39. The van der Waals surface area contributed by atoms with Gasteiger partial charge in [-0.1, -0.05) is 19.1 Å². The van der Waals surface area contributed by atoms with Crippen molar-refractivity contribution >= 4 is 33.3 Å². The summed E-state index contributed by atoms with van der Waals surface area (Å²) in [4.78, 5) is 22.1. The van der Waals surface area contributed by atoms with Crippen LogP contribution in [0.1, 0.15) is 24.0 Å². The maximum absolute atomic E-state index is 13.3. The van der Waals surface area contributed by atoms with Crippen LogP contribution in [0.3, 0.4) is 0 Å². The first-order valence-corrected chi connectivity index (χ1v) is 8.75. The number of nitrogens with zero attached hydrogens (tertiary/aromatic N) is 2. The molecule has 2 N–H and O–H groups in total. The number of hydrogen-bond donors (Lipinski definition) is 2. The Labute approximate surface area is 148 Å². The number of carboxylic acids is 1. The van der Waals surface area contributed by atoms with Crippen LogP contribution in [0.4, 0.5) is 10.2 Å². The number of aromatic nitrogens is 2. The van der Waals surface area contributed by atoms with E-state index in [-0.39, 0.29) is 5.82 Å². The number of hydrogen-bond acceptors (Lipinski definition) is 5. The Balaban J connectivity index is 2.22. The Morgan fingerprint density at radius 1 is 1.28 bits per heavy atom. The van der Waals surface area contributed by atoms with E-state index < -0.39 is 12.0 Å². The SMILES string of the molecule is CCC(Nc1nc(C)nc2sc(C)c(-c3ccc(F)cc3)c12)C(=O)O. The molecule has 0 aliphatic carbocycles. The molecule has 1 unspecified atom stereocenters. The van der Waals surface area contributed by atoms with E-state index >= 15 is 0 Å². The molecule has 25 heavy (non-hydrogen) atoms. The second kappa shape index (κ2) is 6.76. The molecule has 130 valence electrons. The van der Waals surface area contributed by atoms with E-state index in [9.17, 15) is 14.3 Å². The van der Waals surface area contributed by atoms with Crippen LogP contribution in [0.5, 0.6) is 0 Å². The minimum absolute atomic E-state index is 0.302. The molecule has 5 nitrogen and oxygen atoms in total. The van der Waals surface area contributed by atoms with E-state index in [4.69, 9.17) is 0 Å².